The van der Waals surface area contributed by atoms with Crippen LogP contribution in [-0.2, 0) is 9.59 Å². The maximum atomic E-state index is 12.5. The van der Waals surface area contributed by atoms with Crippen LogP contribution in [-0.4, -0.2) is 41.0 Å². The van der Waals surface area contributed by atoms with Crippen molar-refractivity contribution >= 4 is 11.8 Å². The minimum Gasteiger partial charge on any atom is -0.342 e. The number of halogens is 3. The van der Waals surface area contributed by atoms with Crippen LogP contribution in [0.1, 0.15) is 47.0 Å². The fraction of sp³-hybridized carbons (Fsp3) is 0.857. The van der Waals surface area contributed by atoms with E-state index in [9.17, 15) is 22.8 Å². The summed E-state index contributed by atoms with van der Waals surface area (Å²) in [4.78, 5) is 25.9. The van der Waals surface area contributed by atoms with Crippen LogP contribution in [0.4, 0.5) is 13.2 Å². The molecule has 4 nitrogen and oxygen atoms in total. The summed E-state index contributed by atoms with van der Waals surface area (Å²) < 4.78 is 37.4. The number of nitrogens with one attached hydrogen (secondary N) is 1. The van der Waals surface area contributed by atoms with Crippen LogP contribution in [0.2, 0.25) is 0 Å². The van der Waals surface area contributed by atoms with E-state index in [0.29, 0.717) is 6.42 Å². The number of nitrogens with zero attached hydrogens (tertiary/aromatic N) is 1. The summed E-state index contributed by atoms with van der Waals surface area (Å²) in [6.07, 6.45) is -4.52. The molecule has 122 valence electrons. The lowest BCUT2D eigenvalue weighted by molar-refractivity contribution is -0.166. The van der Waals surface area contributed by atoms with Crippen molar-refractivity contribution in [3.05, 3.63) is 0 Å². The molecule has 0 bridgehead atoms. The molecule has 3 unspecified atom stereocenters. The first-order valence-corrected chi connectivity index (χ1v) is 7.26. The van der Waals surface area contributed by atoms with Gasteiger partial charge in [-0.3, -0.25) is 9.59 Å². The summed E-state index contributed by atoms with van der Waals surface area (Å²) in [5, 5.41) is 2.67. The SMILES string of the molecule is CCC(C)C1NC(=O)C(C)(CC)N(CCC(F)(F)F)C1=O. The zero-order valence-electron chi connectivity index (χ0n) is 12.9. The molecule has 0 aromatic rings. The normalized spacial score (nSPS) is 28.5. The summed E-state index contributed by atoms with van der Waals surface area (Å²) in [6.45, 7) is 6.41. The lowest BCUT2D eigenvalue weighted by atomic mass is 9.86. The smallest absolute Gasteiger partial charge is 0.342 e. The lowest BCUT2D eigenvalue weighted by Crippen LogP contribution is -2.70. The second-order valence-corrected chi connectivity index (χ2v) is 5.82. The Morgan fingerprint density at radius 2 is 1.90 bits per heavy atom. The molecule has 0 aromatic carbocycles. The van der Waals surface area contributed by atoms with Crippen LogP contribution in [0, 0.1) is 5.92 Å². The van der Waals surface area contributed by atoms with Crippen molar-refractivity contribution < 1.29 is 22.8 Å². The molecule has 1 aliphatic heterocycles. The fourth-order valence-electron chi connectivity index (χ4n) is 2.46. The van der Waals surface area contributed by atoms with Crippen LogP contribution < -0.4 is 5.32 Å². The average Bonchev–Trinajstić information content (AvgIpc) is 2.40. The monoisotopic (exact) mass is 308 g/mol. The highest BCUT2D eigenvalue weighted by atomic mass is 19.4. The number of rotatable bonds is 5. The van der Waals surface area contributed by atoms with Crippen molar-refractivity contribution in [2.45, 2.75) is 64.7 Å². The van der Waals surface area contributed by atoms with Crippen LogP contribution in [0.15, 0.2) is 0 Å². The first kappa shape index (κ1) is 17.8. The second kappa shape index (κ2) is 6.23. The van der Waals surface area contributed by atoms with Gasteiger partial charge in [-0.2, -0.15) is 13.2 Å². The van der Waals surface area contributed by atoms with Crippen molar-refractivity contribution in [1.82, 2.24) is 10.2 Å². The Hall–Kier alpha value is -1.27. The van der Waals surface area contributed by atoms with E-state index in [0.717, 1.165) is 4.90 Å². The van der Waals surface area contributed by atoms with E-state index in [1.54, 1.807) is 13.8 Å². The molecule has 1 rings (SSSR count). The zero-order chi connectivity index (χ0) is 16.4. The van der Waals surface area contributed by atoms with Crippen molar-refractivity contribution in [2.75, 3.05) is 6.54 Å². The number of alkyl halides is 3. The molecule has 1 heterocycles. The molecule has 2 amide bonds. The van der Waals surface area contributed by atoms with Gasteiger partial charge in [-0.05, 0) is 19.3 Å². The maximum absolute atomic E-state index is 12.5. The van der Waals surface area contributed by atoms with Crippen LogP contribution >= 0.6 is 0 Å². The molecule has 21 heavy (non-hydrogen) atoms. The van der Waals surface area contributed by atoms with Gasteiger partial charge in [0.05, 0.1) is 6.42 Å². The van der Waals surface area contributed by atoms with Gasteiger partial charge in [0.15, 0.2) is 0 Å². The van der Waals surface area contributed by atoms with Crippen LogP contribution in [0.3, 0.4) is 0 Å². The van der Waals surface area contributed by atoms with Gasteiger partial charge < -0.3 is 10.2 Å². The van der Waals surface area contributed by atoms with Gasteiger partial charge in [0.25, 0.3) is 0 Å². The third kappa shape index (κ3) is 3.68. The highest BCUT2D eigenvalue weighted by Crippen LogP contribution is 2.30. The summed E-state index contributed by atoms with van der Waals surface area (Å²) >= 11 is 0. The minimum absolute atomic E-state index is 0.115. The van der Waals surface area contributed by atoms with Gasteiger partial charge in [0.1, 0.15) is 11.6 Å². The summed E-state index contributed by atoms with van der Waals surface area (Å²) in [6, 6.07) is -0.740. The van der Waals surface area contributed by atoms with Crippen molar-refractivity contribution in [3.63, 3.8) is 0 Å². The van der Waals surface area contributed by atoms with E-state index in [-0.39, 0.29) is 18.2 Å². The lowest BCUT2D eigenvalue weighted by Gasteiger charge is -2.47. The molecule has 1 N–H and O–H groups in total. The minimum atomic E-state index is -4.35. The molecule has 0 aromatic heterocycles. The predicted molar refractivity (Wildman–Crippen MR) is 72.5 cm³/mol. The quantitative estimate of drug-likeness (QED) is 0.848. The predicted octanol–water partition coefficient (Wildman–Crippen LogP) is 2.48. The highest BCUT2D eigenvalue weighted by molar-refractivity contribution is 5.99. The Labute approximate surface area is 123 Å². The molecular formula is C14H23F3N2O2. The number of hydrogen-bond acceptors (Lipinski definition) is 2. The van der Waals surface area contributed by atoms with Gasteiger partial charge in [-0.25, -0.2) is 0 Å². The molecule has 3 atom stereocenters. The third-order valence-electron chi connectivity index (χ3n) is 4.42. The summed E-state index contributed by atoms with van der Waals surface area (Å²) in [5.41, 5.74) is -1.22. The Morgan fingerprint density at radius 1 is 1.33 bits per heavy atom. The van der Waals surface area contributed by atoms with Gasteiger partial charge >= 0.3 is 6.18 Å². The number of piperazine rings is 1. The number of hydrogen-bond donors (Lipinski definition) is 1. The van der Waals surface area contributed by atoms with E-state index < -0.39 is 36.6 Å². The summed E-state index contributed by atoms with van der Waals surface area (Å²) in [7, 11) is 0. The molecule has 0 aliphatic carbocycles. The standard InChI is InChI=1S/C14H23F3N2O2/c1-5-9(3)10-11(20)19(8-7-14(15,16)17)13(4,6-2)12(21)18-10/h9-10H,5-8H2,1-4H3,(H,18,21). The molecule has 0 radical (unpaired) electrons. The van der Waals surface area contributed by atoms with Gasteiger partial charge in [0.2, 0.25) is 11.8 Å². The van der Waals surface area contributed by atoms with E-state index in [1.165, 1.54) is 6.92 Å². The Bertz CT molecular complexity index is 412. The Kier molecular flexibility index (Phi) is 5.28. The maximum Gasteiger partial charge on any atom is 0.390 e. The first-order valence-electron chi connectivity index (χ1n) is 7.26. The van der Waals surface area contributed by atoms with Crippen LogP contribution in [0.5, 0.6) is 0 Å². The third-order valence-corrected chi connectivity index (χ3v) is 4.42. The Balaban J connectivity index is 3.04. The Morgan fingerprint density at radius 3 is 2.33 bits per heavy atom. The summed E-state index contributed by atoms with van der Waals surface area (Å²) in [5.74, 6) is -0.911. The fourth-order valence-corrected chi connectivity index (χ4v) is 2.46. The number of carbonyl (C=O) groups is 2. The van der Waals surface area contributed by atoms with Crippen molar-refractivity contribution in [2.24, 2.45) is 5.92 Å². The van der Waals surface area contributed by atoms with E-state index in [2.05, 4.69) is 5.32 Å². The molecule has 1 saturated heterocycles. The highest BCUT2D eigenvalue weighted by Gasteiger charge is 2.49. The van der Waals surface area contributed by atoms with E-state index in [1.807, 2.05) is 6.92 Å². The molecule has 0 spiro atoms. The van der Waals surface area contributed by atoms with Crippen molar-refractivity contribution in [1.29, 1.82) is 0 Å². The second-order valence-electron chi connectivity index (χ2n) is 5.82. The van der Waals surface area contributed by atoms with Gasteiger partial charge in [0, 0.05) is 6.54 Å². The largest absolute Gasteiger partial charge is 0.390 e. The molecular weight excluding hydrogens is 285 g/mol. The average molecular weight is 308 g/mol. The van der Waals surface area contributed by atoms with Crippen LogP contribution in [0.25, 0.3) is 0 Å². The topological polar surface area (TPSA) is 49.4 Å². The number of amides is 2. The molecule has 7 heteroatoms. The number of carbonyl (C=O) groups excluding carboxylic acids is 2. The molecule has 1 aliphatic rings. The van der Waals surface area contributed by atoms with Gasteiger partial charge in [-0.15, -0.1) is 0 Å². The molecule has 0 saturated carbocycles. The molecule has 1 fully saturated rings. The van der Waals surface area contributed by atoms with E-state index >= 15 is 0 Å². The zero-order valence-corrected chi connectivity index (χ0v) is 12.9. The van der Waals surface area contributed by atoms with E-state index in [4.69, 9.17) is 0 Å². The van der Waals surface area contributed by atoms with Crippen molar-refractivity contribution in [3.8, 4) is 0 Å². The van der Waals surface area contributed by atoms with Gasteiger partial charge in [-0.1, -0.05) is 27.2 Å². The first-order chi connectivity index (χ1) is 9.56.